The smallest absolute Gasteiger partial charge is 0.223 e. The van der Waals surface area contributed by atoms with Crippen molar-refractivity contribution in [3.63, 3.8) is 0 Å². The Balaban J connectivity index is 1.72. The average molecular weight is 249 g/mol. The van der Waals surface area contributed by atoms with Gasteiger partial charge in [-0.2, -0.15) is 4.98 Å². The summed E-state index contributed by atoms with van der Waals surface area (Å²) < 4.78 is 5.02. The first-order chi connectivity index (χ1) is 8.42. The molecule has 4 heteroatoms. The molecule has 1 aromatic heterocycles. The van der Waals surface area contributed by atoms with Crippen LogP contribution in [0.3, 0.4) is 0 Å². The summed E-state index contributed by atoms with van der Waals surface area (Å²) in [7, 11) is 0. The van der Waals surface area contributed by atoms with E-state index in [1.165, 1.54) is 19.3 Å². The average Bonchev–Trinajstić information content (AvgIpc) is 2.89. The molecule has 100 valence electrons. The first-order valence-corrected chi connectivity index (χ1v) is 6.94. The van der Waals surface area contributed by atoms with Gasteiger partial charge in [-0.05, 0) is 36.0 Å². The Morgan fingerprint density at radius 1 is 1.39 bits per heavy atom. The Labute approximate surface area is 109 Å². The zero-order valence-electron chi connectivity index (χ0n) is 11.8. The van der Waals surface area contributed by atoms with Crippen molar-refractivity contribution in [1.29, 1.82) is 0 Å². The molecule has 0 spiro atoms. The number of hydrogen-bond donors (Lipinski definition) is 1. The van der Waals surface area contributed by atoms with E-state index in [1.54, 1.807) is 0 Å². The predicted molar refractivity (Wildman–Crippen MR) is 68.9 cm³/mol. The van der Waals surface area contributed by atoms with Crippen LogP contribution in [-0.4, -0.2) is 16.2 Å². The molecule has 2 aliphatic rings. The quantitative estimate of drug-likeness (QED) is 0.894. The molecule has 0 aliphatic heterocycles. The van der Waals surface area contributed by atoms with Crippen molar-refractivity contribution >= 4 is 0 Å². The predicted octanol–water partition coefficient (Wildman–Crippen LogP) is 2.68. The molecule has 0 saturated heterocycles. The maximum absolute atomic E-state index is 5.02. The highest BCUT2D eigenvalue weighted by Gasteiger charge is 2.58. The SMILES string of the molecule is Cc1nc(CNC2C(C)(C)[C@H]3CC[C@]2(C)C3)no1. The van der Waals surface area contributed by atoms with Crippen LogP contribution < -0.4 is 5.32 Å². The van der Waals surface area contributed by atoms with Gasteiger partial charge in [-0.1, -0.05) is 25.9 Å². The second kappa shape index (κ2) is 3.80. The molecule has 18 heavy (non-hydrogen) atoms. The Morgan fingerprint density at radius 3 is 2.72 bits per heavy atom. The van der Waals surface area contributed by atoms with E-state index in [0.717, 1.165) is 11.7 Å². The molecule has 0 aromatic carbocycles. The van der Waals surface area contributed by atoms with Gasteiger partial charge in [0.05, 0.1) is 6.54 Å². The summed E-state index contributed by atoms with van der Waals surface area (Å²) in [5, 5.41) is 7.65. The van der Waals surface area contributed by atoms with E-state index in [9.17, 15) is 0 Å². The summed E-state index contributed by atoms with van der Waals surface area (Å²) >= 11 is 0. The number of fused-ring (bicyclic) bond motifs is 2. The van der Waals surface area contributed by atoms with E-state index in [-0.39, 0.29) is 0 Å². The van der Waals surface area contributed by atoms with Gasteiger partial charge in [-0.25, -0.2) is 0 Å². The highest BCUT2D eigenvalue weighted by Crippen LogP contribution is 2.62. The minimum absolute atomic E-state index is 0.381. The maximum atomic E-state index is 5.02. The second-order valence-corrected chi connectivity index (χ2v) is 6.96. The Kier molecular flexibility index (Phi) is 2.56. The van der Waals surface area contributed by atoms with Gasteiger partial charge >= 0.3 is 0 Å². The van der Waals surface area contributed by atoms with Crippen LogP contribution >= 0.6 is 0 Å². The van der Waals surface area contributed by atoms with Crippen molar-refractivity contribution in [1.82, 2.24) is 15.5 Å². The van der Waals surface area contributed by atoms with Gasteiger partial charge in [0.25, 0.3) is 0 Å². The fourth-order valence-electron chi connectivity index (χ4n) is 4.42. The fraction of sp³-hybridized carbons (Fsp3) is 0.857. The number of hydrogen-bond acceptors (Lipinski definition) is 4. The second-order valence-electron chi connectivity index (χ2n) is 6.96. The molecular weight excluding hydrogens is 226 g/mol. The number of nitrogens with zero attached hydrogens (tertiary/aromatic N) is 2. The largest absolute Gasteiger partial charge is 0.340 e. The molecule has 1 unspecified atom stereocenters. The monoisotopic (exact) mass is 249 g/mol. The van der Waals surface area contributed by atoms with Gasteiger partial charge in [-0.3, -0.25) is 0 Å². The molecule has 4 nitrogen and oxygen atoms in total. The number of nitrogens with one attached hydrogen (secondary N) is 1. The highest BCUT2D eigenvalue weighted by atomic mass is 16.5. The summed E-state index contributed by atoms with van der Waals surface area (Å²) in [4.78, 5) is 4.26. The Bertz CT molecular complexity index is 449. The molecule has 2 bridgehead atoms. The van der Waals surface area contributed by atoms with Gasteiger partial charge in [0.2, 0.25) is 5.89 Å². The molecule has 2 fully saturated rings. The summed E-state index contributed by atoms with van der Waals surface area (Å²) in [5.41, 5.74) is 0.832. The van der Waals surface area contributed by atoms with Crippen LogP contribution in [0.15, 0.2) is 4.52 Å². The lowest BCUT2D eigenvalue weighted by Crippen LogP contribution is -2.50. The first kappa shape index (κ1) is 12.2. The molecule has 2 aliphatic carbocycles. The molecule has 1 heterocycles. The maximum Gasteiger partial charge on any atom is 0.223 e. The Hall–Kier alpha value is -0.900. The van der Waals surface area contributed by atoms with Gasteiger partial charge in [0.1, 0.15) is 0 Å². The van der Waals surface area contributed by atoms with Crippen LogP contribution in [0.5, 0.6) is 0 Å². The first-order valence-electron chi connectivity index (χ1n) is 6.94. The molecule has 0 radical (unpaired) electrons. The van der Waals surface area contributed by atoms with Crippen LogP contribution in [0.4, 0.5) is 0 Å². The van der Waals surface area contributed by atoms with E-state index in [4.69, 9.17) is 4.52 Å². The van der Waals surface area contributed by atoms with Gasteiger partial charge < -0.3 is 9.84 Å². The van der Waals surface area contributed by atoms with Crippen LogP contribution in [0.1, 0.15) is 51.7 Å². The van der Waals surface area contributed by atoms with Gasteiger partial charge in [0, 0.05) is 13.0 Å². The summed E-state index contributed by atoms with van der Waals surface area (Å²) in [5.74, 6) is 2.28. The zero-order chi connectivity index (χ0) is 13.0. The van der Waals surface area contributed by atoms with Crippen molar-refractivity contribution in [3.8, 4) is 0 Å². The highest BCUT2D eigenvalue weighted by molar-refractivity contribution is 5.12. The molecule has 1 N–H and O–H groups in total. The molecule has 2 saturated carbocycles. The van der Waals surface area contributed by atoms with Crippen molar-refractivity contribution in [2.24, 2.45) is 16.7 Å². The lowest BCUT2D eigenvalue weighted by molar-refractivity contribution is 0.107. The van der Waals surface area contributed by atoms with Gasteiger partial charge in [0.15, 0.2) is 5.82 Å². The van der Waals surface area contributed by atoms with E-state index in [2.05, 4.69) is 36.2 Å². The van der Waals surface area contributed by atoms with E-state index < -0.39 is 0 Å². The third kappa shape index (κ3) is 1.69. The molecule has 1 aromatic rings. The van der Waals surface area contributed by atoms with Crippen molar-refractivity contribution in [3.05, 3.63) is 11.7 Å². The van der Waals surface area contributed by atoms with Crippen LogP contribution in [-0.2, 0) is 6.54 Å². The summed E-state index contributed by atoms with van der Waals surface area (Å²) in [6, 6.07) is 0.558. The number of rotatable bonds is 3. The number of aromatic nitrogens is 2. The zero-order valence-corrected chi connectivity index (χ0v) is 11.8. The standard InChI is InChI=1S/C14H23N3O/c1-9-16-11(17-18-9)8-15-12-13(2,3)10-5-6-14(12,4)7-10/h10,12,15H,5-8H2,1-4H3/t10-,12?,14+/m0/s1. The molecule has 3 atom stereocenters. The van der Waals surface area contributed by atoms with Crippen molar-refractivity contribution in [2.75, 3.05) is 0 Å². The van der Waals surface area contributed by atoms with Crippen molar-refractivity contribution in [2.45, 2.75) is 59.5 Å². The fourth-order valence-corrected chi connectivity index (χ4v) is 4.42. The van der Waals surface area contributed by atoms with E-state index in [0.29, 0.717) is 29.3 Å². The lowest BCUT2D eigenvalue weighted by Gasteiger charge is -2.43. The summed E-state index contributed by atoms with van der Waals surface area (Å²) in [6.45, 7) is 9.79. The van der Waals surface area contributed by atoms with Gasteiger partial charge in [-0.15, -0.1) is 0 Å². The van der Waals surface area contributed by atoms with Crippen LogP contribution in [0.2, 0.25) is 0 Å². The topological polar surface area (TPSA) is 51.0 Å². The normalized spacial score (nSPS) is 37.3. The number of aryl methyl sites for hydroxylation is 1. The minimum atomic E-state index is 0.381. The van der Waals surface area contributed by atoms with E-state index in [1.807, 2.05) is 6.92 Å². The van der Waals surface area contributed by atoms with E-state index >= 15 is 0 Å². The molecule has 0 amide bonds. The minimum Gasteiger partial charge on any atom is -0.340 e. The lowest BCUT2D eigenvalue weighted by atomic mass is 9.68. The molecular formula is C14H23N3O. The Morgan fingerprint density at radius 2 is 2.17 bits per heavy atom. The van der Waals surface area contributed by atoms with Crippen LogP contribution in [0, 0.1) is 23.7 Å². The molecule has 3 rings (SSSR count). The summed E-state index contributed by atoms with van der Waals surface area (Å²) in [6.07, 6.45) is 4.11. The van der Waals surface area contributed by atoms with Crippen molar-refractivity contribution < 1.29 is 4.52 Å². The third-order valence-electron chi connectivity index (χ3n) is 5.30. The third-order valence-corrected chi connectivity index (χ3v) is 5.30. The van der Waals surface area contributed by atoms with Crippen LogP contribution in [0.25, 0.3) is 0 Å².